The van der Waals surface area contributed by atoms with E-state index in [1.54, 1.807) is 18.2 Å². The molecule has 1 aromatic carbocycles. The van der Waals surface area contributed by atoms with E-state index in [1.807, 2.05) is 0 Å². The van der Waals surface area contributed by atoms with E-state index in [2.05, 4.69) is 0 Å². The molecule has 1 fully saturated rings. The van der Waals surface area contributed by atoms with Crippen molar-refractivity contribution in [1.82, 2.24) is 0 Å². The zero-order valence-electron chi connectivity index (χ0n) is 10.3. The number of methoxy groups -OCH3 is 1. The van der Waals surface area contributed by atoms with Crippen molar-refractivity contribution >= 4 is 23.0 Å². The number of halogens is 1. The Morgan fingerprint density at radius 2 is 2.26 bits per heavy atom. The Labute approximate surface area is 115 Å². The quantitative estimate of drug-likeness (QED) is 0.628. The third-order valence-corrected chi connectivity index (χ3v) is 3.02. The molecule has 0 spiro atoms. The minimum absolute atomic E-state index is 0.119. The molecule has 2 rings (SSSR count). The molecule has 0 N–H and O–H groups in total. The van der Waals surface area contributed by atoms with Crippen molar-refractivity contribution in [2.75, 3.05) is 13.7 Å². The highest BCUT2D eigenvalue weighted by molar-refractivity contribution is 6.61. The van der Waals surface area contributed by atoms with Gasteiger partial charge in [-0.05, 0) is 30.5 Å². The predicted octanol–water partition coefficient (Wildman–Crippen LogP) is 2.54. The molecule has 6 heteroatoms. The number of ether oxygens (including phenoxy) is 3. The van der Waals surface area contributed by atoms with Crippen LogP contribution in [0.3, 0.4) is 0 Å². The average molecular weight is 285 g/mol. The molecule has 1 saturated heterocycles. The third-order valence-electron chi connectivity index (χ3n) is 2.94. The maximum Gasteiger partial charge on any atom is 0.409 e. The summed E-state index contributed by atoms with van der Waals surface area (Å²) in [6, 6.07) is 5.08. The normalized spacial score (nSPS) is 18.0. The first-order chi connectivity index (χ1) is 9.10. The fraction of sp³-hybridized carbons (Fsp3) is 0.385. The molecule has 1 unspecified atom stereocenters. The molecule has 1 atom stereocenters. The number of rotatable bonds is 4. The van der Waals surface area contributed by atoms with Crippen LogP contribution in [0.25, 0.3) is 0 Å². The number of carbonyl (C=O) groups excluding carboxylic acids is 2. The molecule has 1 heterocycles. The summed E-state index contributed by atoms with van der Waals surface area (Å²) in [7, 11) is 1.47. The number of cyclic esters (lactones) is 1. The van der Waals surface area contributed by atoms with Crippen molar-refractivity contribution in [3.05, 3.63) is 23.8 Å². The predicted molar refractivity (Wildman–Crippen MR) is 67.6 cm³/mol. The first-order valence-electron chi connectivity index (χ1n) is 5.81. The lowest BCUT2D eigenvalue weighted by Gasteiger charge is -2.10. The van der Waals surface area contributed by atoms with E-state index in [-0.39, 0.29) is 17.6 Å². The molecule has 0 amide bonds. The van der Waals surface area contributed by atoms with Crippen LogP contribution in [0.4, 0.5) is 4.79 Å². The molecule has 0 radical (unpaired) electrons. The Bertz CT molecular complexity index is 500. The Balaban J connectivity index is 2.14. The van der Waals surface area contributed by atoms with Crippen molar-refractivity contribution in [1.29, 1.82) is 0 Å². The van der Waals surface area contributed by atoms with Gasteiger partial charge in [0.2, 0.25) is 0 Å². The van der Waals surface area contributed by atoms with Gasteiger partial charge in [0.05, 0.1) is 19.6 Å². The zero-order chi connectivity index (χ0) is 13.8. The van der Waals surface area contributed by atoms with Gasteiger partial charge in [-0.1, -0.05) is 6.07 Å². The lowest BCUT2D eigenvalue weighted by atomic mass is 9.98. The summed E-state index contributed by atoms with van der Waals surface area (Å²) in [4.78, 5) is 22.1. The van der Waals surface area contributed by atoms with Crippen LogP contribution in [-0.2, 0) is 16.0 Å². The summed E-state index contributed by atoms with van der Waals surface area (Å²) in [6.07, 6.45) is 1.30. The van der Waals surface area contributed by atoms with Crippen LogP contribution >= 0.6 is 11.6 Å². The van der Waals surface area contributed by atoms with Crippen molar-refractivity contribution in [3.8, 4) is 11.5 Å². The maximum absolute atomic E-state index is 11.4. The van der Waals surface area contributed by atoms with Gasteiger partial charge in [0.25, 0.3) is 0 Å². The molecule has 0 bridgehead atoms. The number of esters is 1. The molecule has 1 aromatic rings. The molecule has 19 heavy (non-hydrogen) atoms. The molecule has 0 aliphatic carbocycles. The van der Waals surface area contributed by atoms with Gasteiger partial charge < -0.3 is 14.2 Å². The van der Waals surface area contributed by atoms with Crippen molar-refractivity contribution < 1.29 is 23.8 Å². The Morgan fingerprint density at radius 3 is 2.84 bits per heavy atom. The van der Waals surface area contributed by atoms with Crippen LogP contribution in [0.1, 0.15) is 12.0 Å². The van der Waals surface area contributed by atoms with Gasteiger partial charge in [0.15, 0.2) is 11.5 Å². The molecule has 1 aliphatic heterocycles. The van der Waals surface area contributed by atoms with E-state index in [4.69, 9.17) is 25.8 Å². The van der Waals surface area contributed by atoms with E-state index >= 15 is 0 Å². The summed E-state index contributed by atoms with van der Waals surface area (Å²) >= 11 is 5.16. The lowest BCUT2D eigenvalue weighted by Crippen LogP contribution is -2.10. The minimum Gasteiger partial charge on any atom is -0.493 e. The van der Waals surface area contributed by atoms with E-state index < -0.39 is 5.43 Å². The van der Waals surface area contributed by atoms with Crippen molar-refractivity contribution in [2.45, 2.75) is 12.8 Å². The highest BCUT2D eigenvalue weighted by Crippen LogP contribution is 2.30. The summed E-state index contributed by atoms with van der Waals surface area (Å²) in [5, 5.41) is 0. The first kappa shape index (κ1) is 13.7. The third kappa shape index (κ3) is 3.38. The van der Waals surface area contributed by atoms with Crippen LogP contribution in [0.15, 0.2) is 18.2 Å². The summed E-state index contributed by atoms with van der Waals surface area (Å²) in [5.74, 6) is 0.361. The van der Waals surface area contributed by atoms with Crippen LogP contribution in [0, 0.1) is 5.92 Å². The Morgan fingerprint density at radius 1 is 1.47 bits per heavy atom. The average Bonchev–Trinajstić information content (AvgIpc) is 2.76. The minimum atomic E-state index is -0.926. The van der Waals surface area contributed by atoms with Crippen molar-refractivity contribution in [3.63, 3.8) is 0 Å². The number of benzene rings is 1. The highest BCUT2D eigenvalue weighted by atomic mass is 35.5. The standard InChI is InChI=1S/C13H13ClO5/c1-17-11-7-8(2-3-10(11)19-13(14)16)6-9-4-5-18-12(9)15/h2-3,7,9H,4-6H2,1H3. The van der Waals surface area contributed by atoms with Gasteiger partial charge in [0.1, 0.15) is 0 Å². The van der Waals surface area contributed by atoms with E-state index in [0.29, 0.717) is 18.8 Å². The maximum atomic E-state index is 11.4. The SMILES string of the molecule is COc1cc(CC2CCOC2=O)ccc1OC(=O)Cl. The number of hydrogen-bond acceptors (Lipinski definition) is 5. The van der Waals surface area contributed by atoms with E-state index in [0.717, 1.165) is 12.0 Å². The van der Waals surface area contributed by atoms with Gasteiger partial charge in [-0.25, -0.2) is 4.79 Å². The molecular weight excluding hydrogens is 272 g/mol. The highest BCUT2D eigenvalue weighted by Gasteiger charge is 2.26. The Hall–Kier alpha value is -1.75. The molecule has 102 valence electrons. The van der Waals surface area contributed by atoms with Gasteiger partial charge >= 0.3 is 11.4 Å². The second kappa shape index (κ2) is 5.93. The van der Waals surface area contributed by atoms with Gasteiger partial charge in [-0.3, -0.25) is 4.79 Å². The summed E-state index contributed by atoms with van der Waals surface area (Å²) in [5.41, 5.74) is -0.0134. The monoisotopic (exact) mass is 284 g/mol. The van der Waals surface area contributed by atoms with E-state index in [9.17, 15) is 9.59 Å². The smallest absolute Gasteiger partial charge is 0.409 e. The molecular formula is C13H13ClO5. The van der Waals surface area contributed by atoms with E-state index in [1.165, 1.54) is 7.11 Å². The second-order valence-electron chi connectivity index (χ2n) is 4.18. The molecule has 5 nitrogen and oxygen atoms in total. The van der Waals surface area contributed by atoms with Crippen molar-refractivity contribution in [2.24, 2.45) is 5.92 Å². The van der Waals surface area contributed by atoms with Crippen LogP contribution in [0.5, 0.6) is 11.5 Å². The van der Waals surface area contributed by atoms with Gasteiger partial charge in [-0.2, -0.15) is 0 Å². The van der Waals surface area contributed by atoms with Crippen LogP contribution in [0.2, 0.25) is 0 Å². The molecule has 1 aliphatic rings. The Kier molecular flexibility index (Phi) is 4.27. The summed E-state index contributed by atoms with van der Waals surface area (Å²) in [6.45, 7) is 0.475. The topological polar surface area (TPSA) is 61.8 Å². The van der Waals surface area contributed by atoms with Gasteiger partial charge in [0, 0.05) is 11.6 Å². The molecule has 0 aromatic heterocycles. The first-order valence-corrected chi connectivity index (χ1v) is 6.19. The lowest BCUT2D eigenvalue weighted by molar-refractivity contribution is -0.141. The number of hydrogen-bond donors (Lipinski definition) is 0. The van der Waals surface area contributed by atoms with Gasteiger partial charge in [-0.15, -0.1) is 0 Å². The number of carbonyl (C=O) groups is 2. The fourth-order valence-corrected chi connectivity index (χ4v) is 2.10. The fourth-order valence-electron chi connectivity index (χ4n) is 2.02. The summed E-state index contributed by atoms with van der Waals surface area (Å²) < 4.78 is 14.8. The second-order valence-corrected chi connectivity index (χ2v) is 4.49. The van der Waals surface area contributed by atoms with Crippen LogP contribution in [-0.4, -0.2) is 25.1 Å². The zero-order valence-corrected chi connectivity index (χ0v) is 11.1. The van der Waals surface area contributed by atoms with Crippen LogP contribution < -0.4 is 9.47 Å². The largest absolute Gasteiger partial charge is 0.493 e. The molecule has 0 saturated carbocycles.